The van der Waals surface area contributed by atoms with E-state index in [4.69, 9.17) is 0 Å². The molecule has 13 heavy (non-hydrogen) atoms. The Kier molecular flexibility index (Phi) is 2.96. The fourth-order valence-electron chi connectivity index (χ4n) is 1.05. The van der Waals surface area contributed by atoms with Crippen molar-refractivity contribution in [3.8, 4) is 0 Å². The van der Waals surface area contributed by atoms with Gasteiger partial charge in [-0.25, -0.2) is 8.78 Å². The maximum Gasteiger partial charge on any atom is 0.275 e. The van der Waals surface area contributed by atoms with Gasteiger partial charge in [0.05, 0.1) is 0 Å². The zero-order valence-corrected chi connectivity index (χ0v) is 8.48. The summed E-state index contributed by atoms with van der Waals surface area (Å²) < 4.78 is 26.8. The first-order valence-electron chi connectivity index (χ1n) is 4.12. The lowest BCUT2D eigenvalue weighted by Gasteiger charge is -2.20. The standard InChI is InChI=1S/C10H12F2S/c1-7(2)10(11,12)8-4-3-5-9(13)6-8/h3-7,13H,1-2H3. The normalized spacial score (nSPS) is 12.2. The van der Waals surface area contributed by atoms with E-state index in [0.29, 0.717) is 4.90 Å². The quantitative estimate of drug-likeness (QED) is 0.694. The van der Waals surface area contributed by atoms with E-state index in [1.165, 1.54) is 26.0 Å². The van der Waals surface area contributed by atoms with Crippen molar-refractivity contribution in [1.82, 2.24) is 0 Å². The number of hydrogen-bond donors (Lipinski definition) is 1. The number of alkyl halides is 2. The molecule has 0 bridgehead atoms. The molecule has 0 unspecified atom stereocenters. The summed E-state index contributed by atoms with van der Waals surface area (Å²) in [6, 6.07) is 6.11. The molecule has 1 aromatic carbocycles. The molecule has 0 saturated heterocycles. The van der Waals surface area contributed by atoms with Crippen molar-refractivity contribution in [3.63, 3.8) is 0 Å². The summed E-state index contributed by atoms with van der Waals surface area (Å²) in [6.45, 7) is 3.01. The second-order valence-corrected chi connectivity index (χ2v) is 3.84. The van der Waals surface area contributed by atoms with Crippen LogP contribution in [0.15, 0.2) is 29.2 Å². The third-order valence-electron chi connectivity index (χ3n) is 1.96. The molecule has 72 valence electrons. The van der Waals surface area contributed by atoms with Crippen molar-refractivity contribution in [2.75, 3.05) is 0 Å². The van der Waals surface area contributed by atoms with Gasteiger partial charge in [-0.1, -0.05) is 26.0 Å². The predicted octanol–water partition coefficient (Wildman–Crippen LogP) is 3.72. The third-order valence-corrected chi connectivity index (χ3v) is 2.23. The van der Waals surface area contributed by atoms with Gasteiger partial charge in [0, 0.05) is 16.4 Å². The van der Waals surface area contributed by atoms with E-state index in [1.54, 1.807) is 12.1 Å². The molecule has 0 aliphatic heterocycles. The van der Waals surface area contributed by atoms with Gasteiger partial charge >= 0.3 is 0 Å². The van der Waals surface area contributed by atoms with Crippen molar-refractivity contribution >= 4 is 12.6 Å². The molecule has 0 fully saturated rings. The Morgan fingerprint density at radius 2 is 1.92 bits per heavy atom. The largest absolute Gasteiger partial charge is 0.275 e. The summed E-state index contributed by atoms with van der Waals surface area (Å²) in [5.74, 6) is -3.46. The lowest BCUT2D eigenvalue weighted by Crippen LogP contribution is -2.20. The number of hydrogen-bond acceptors (Lipinski definition) is 1. The lowest BCUT2D eigenvalue weighted by molar-refractivity contribution is -0.0515. The molecular formula is C10H12F2S. The molecule has 0 saturated carbocycles. The van der Waals surface area contributed by atoms with Crippen LogP contribution in [-0.2, 0) is 5.92 Å². The summed E-state index contributed by atoms with van der Waals surface area (Å²) in [5, 5.41) is 0. The van der Waals surface area contributed by atoms with Crippen molar-refractivity contribution in [1.29, 1.82) is 0 Å². The van der Waals surface area contributed by atoms with Crippen LogP contribution in [0.4, 0.5) is 8.78 Å². The zero-order valence-electron chi connectivity index (χ0n) is 7.59. The Balaban J connectivity index is 3.07. The molecule has 1 rings (SSSR count). The maximum absolute atomic E-state index is 13.4. The highest BCUT2D eigenvalue weighted by atomic mass is 32.1. The Hall–Kier alpha value is -0.570. The molecule has 0 aliphatic carbocycles. The molecule has 0 spiro atoms. The molecule has 0 N–H and O–H groups in total. The summed E-state index contributed by atoms with van der Waals surface area (Å²) in [5.41, 5.74) is 0.0370. The molecular weight excluding hydrogens is 190 g/mol. The second kappa shape index (κ2) is 3.66. The zero-order chi connectivity index (χ0) is 10.1. The van der Waals surface area contributed by atoms with Crippen molar-refractivity contribution in [3.05, 3.63) is 29.8 Å². The second-order valence-electron chi connectivity index (χ2n) is 3.33. The first kappa shape index (κ1) is 10.5. The molecule has 0 atom stereocenters. The van der Waals surface area contributed by atoms with E-state index >= 15 is 0 Å². The van der Waals surface area contributed by atoms with E-state index in [2.05, 4.69) is 12.6 Å². The molecule has 0 aliphatic rings. The average Bonchev–Trinajstić information content (AvgIpc) is 2.04. The van der Waals surface area contributed by atoms with Crippen molar-refractivity contribution in [2.45, 2.75) is 24.7 Å². The molecule has 0 aromatic heterocycles. The summed E-state index contributed by atoms with van der Waals surface area (Å²) in [6.07, 6.45) is 0. The maximum atomic E-state index is 13.4. The minimum atomic E-state index is -2.77. The number of benzene rings is 1. The Labute approximate surface area is 82.4 Å². The van der Waals surface area contributed by atoms with Gasteiger partial charge in [-0.2, -0.15) is 0 Å². The summed E-state index contributed by atoms with van der Waals surface area (Å²) in [7, 11) is 0. The van der Waals surface area contributed by atoms with E-state index in [-0.39, 0.29) is 5.56 Å². The van der Waals surface area contributed by atoms with E-state index < -0.39 is 11.8 Å². The highest BCUT2D eigenvalue weighted by Crippen LogP contribution is 2.36. The molecule has 1 aromatic rings. The van der Waals surface area contributed by atoms with Gasteiger partial charge in [-0.15, -0.1) is 12.6 Å². The van der Waals surface area contributed by atoms with Gasteiger partial charge in [0.1, 0.15) is 0 Å². The highest BCUT2D eigenvalue weighted by molar-refractivity contribution is 7.80. The minimum absolute atomic E-state index is 0.0370. The summed E-state index contributed by atoms with van der Waals surface area (Å²) >= 11 is 4.02. The number of halogens is 2. The van der Waals surface area contributed by atoms with E-state index in [9.17, 15) is 8.78 Å². The molecule has 0 radical (unpaired) electrons. The average molecular weight is 202 g/mol. The molecule has 0 amide bonds. The monoisotopic (exact) mass is 202 g/mol. The van der Waals surface area contributed by atoms with Gasteiger partial charge in [0.2, 0.25) is 0 Å². The minimum Gasteiger partial charge on any atom is -0.201 e. The van der Waals surface area contributed by atoms with Gasteiger partial charge in [0.15, 0.2) is 0 Å². The van der Waals surface area contributed by atoms with Crippen LogP contribution in [0, 0.1) is 5.92 Å². The number of thiol groups is 1. The van der Waals surface area contributed by atoms with Crippen LogP contribution >= 0.6 is 12.6 Å². The van der Waals surface area contributed by atoms with Crippen LogP contribution in [0.25, 0.3) is 0 Å². The first-order valence-corrected chi connectivity index (χ1v) is 4.56. The van der Waals surface area contributed by atoms with Crippen LogP contribution in [0.3, 0.4) is 0 Å². The number of rotatable bonds is 2. The van der Waals surface area contributed by atoms with Crippen LogP contribution < -0.4 is 0 Å². The van der Waals surface area contributed by atoms with E-state index in [0.717, 1.165) is 0 Å². The fourth-order valence-corrected chi connectivity index (χ4v) is 1.27. The molecule has 0 heterocycles. The van der Waals surface area contributed by atoms with Crippen molar-refractivity contribution in [2.24, 2.45) is 5.92 Å². The van der Waals surface area contributed by atoms with Crippen LogP contribution in [0.5, 0.6) is 0 Å². The van der Waals surface area contributed by atoms with Gasteiger partial charge in [-0.3, -0.25) is 0 Å². The van der Waals surface area contributed by atoms with Gasteiger partial charge < -0.3 is 0 Å². The van der Waals surface area contributed by atoms with Crippen LogP contribution in [-0.4, -0.2) is 0 Å². The molecule has 3 heteroatoms. The Bertz CT molecular complexity index is 295. The van der Waals surface area contributed by atoms with Gasteiger partial charge in [0.25, 0.3) is 5.92 Å². The van der Waals surface area contributed by atoms with E-state index in [1.807, 2.05) is 0 Å². The van der Waals surface area contributed by atoms with Crippen molar-refractivity contribution < 1.29 is 8.78 Å². The fraction of sp³-hybridized carbons (Fsp3) is 0.400. The van der Waals surface area contributed by atoms with Crippen LogP contribution in [0.2, 0.25) is 0 Å². The van der Waals surface area contributed by atoms with Gasteiger partial charge in [-0.05, 0) is 12.1 Å². The summed E-state index contributed by atoms with van der Waals surface area (Å²) in [4.78, 5) is 0.567. The SMILES string of the molecule is CC(C)C(F)(F)c1cccc(S)c1. The Morgan fingerprint density at radius 1 is 1.31 bits per heavy atom. The first-order chi connectivity index (χ1) is 5.94. The predicted molar refractivity (Wildman–Crippen MR) is 52.4 cm³/mol. The third kappa shape index (κ3) is 2.21. The Morgan fingerprint density at radius 3 is 2.38 bits per heavy atom. The molecule has 0 nitrogen and oxygen atoms in total. The highest BCUT2D eigenvalue weighted by Gasteiger charge is 2.35. The topological polar surface area (TPSA) is 0 Å². The smallest absolute Gasteiger partial charge is 0.201 e. The van der Waals surface area contributed by atoms with Crippen LogP contribution in [0.1, 0.15) is 19.4 Å². The lowest BCUT2D eigenvalue weighted by atomic mass is 9.98.